The molecule has 0 spiro atoms. The second-order valence-corrected chi connectivity index (χ2v) is 7.74. The number of nitrogens with zero attached hydrogens (tertiary/aromatic N) is 3. The molecule has 0 heterocycles. The van der Waals surface area contributed by atoms with Crippen molar-refractivity contribution in [2.45, 2.75) is 0 Å². The highest BCUT2D eigenvalue weighted by Crippen LogP contribution is 2.41. The summed E-state index contributed by atoms with van der Waals surface area (Å²) in [5.41, 5.74) is 1.05. The number of methoxy groups -OCH3 is 2. The molecule has 0 atom stereocenters. The molecule has 10 heteroatoms. The average Bonchev–Trinajstić information content (AvgIpc) is 2.86. The van der Waals surface area contributed by atoms with Gasteiger partial charge in [0.1, 0.15) is 17.1 Å². The van der Waals surface area contributed by atoms with Crippen molar-refractivity contribution in [1.29, 1.82) is 0 Å². The summed E-state index contributed by atoms with van der Waals surface area (Å²) < 4.78 is 10.9. The average molecular weight is 491 g/mol. The van der Waals surface area contributed by atoms with E-state index in [1.165, 1.54) is 32.4 Å². The van der Waals surface area contributed by atoms with E-state index >= 15 is 0 Å². The molecule has 0 saturated heterocycles. The van der Waals surface area contributed by atoms with Crippen LogP contribution in [0.4, 0.5) is 22.7 Å². The van der Waals surface area contributed by atoms with E-state index in [2.05, 4.69) is 15.5 Å². The molecule has 1 N–H and O–H groups in total. The van der Waals surface area contributed by atoms with Gasteiger partial charge in [-0.3, -0.25) is 14.9 Å². The third-order valence-corrected chi connectivity index (χ3v) is 5.37. The van der Waals surface area contributed by atoms with Gasteiger partial charge in [-0.2, -0.15) is 0 Å². The van der Waals surface area contributed by atoms with Crippen LogP contribution in [0.1, 0.15) is 10.4 Å². The van der Waals surface area contributed by atoms with Crippen LogP contribution in [-0.4, -0.2) is 25.1 Å². The van der Waals surface area contributed by atoms with Gasteiger partial charge in [-0.15, -0.1) is 10.2 Å². The summed E-state index contributed by atoms with van der Waals surface area (Å²) in [5, 5.41) is 24.4. The van der Waals surface area contributed by atoms with Crippen LogP contribution in [0.15, 0.2) is 83.0 Å². The van der Waals surface area contributed by atoms with Gasteiger partial charge in [-0.1, -0.05) is 41.9 Å². The molecule has 4 aromatic carbocycles. The number of hydrogen-bond donors (Lipinski definition) is 1. The highest BCUT2D eigenvalue weighted by molar-refractivity contribution is 6.30. The number of halogens is 1. The van der Waals surface area contributed by atoms with E-state index in [-0.39, 0.29) is 22.7 Å². The Morgan fingerprint density at radius 2 is 1.77 bits per heavy atom. The molecule has 1 amide bonds. The molecule has 0 saturated carbocycles. The number of nitro groups is 1. The van der Waals surface area contributed by atoms with Crippen molar-refractivity contribution < 1.29 is 19.2 Å². The molecule has 0 bridgehead atoms. The molecule has 0 radical (unpaired) electrons. The lowest BCUT2D eigenvalue weighted by atomic mass is 10.0. The molecule has 176 valence electrons. The van der Waals surface area contributed by atoms with E-state index in [0.29, 0.717) is 27.5 Å². The molecule has 35 heavy (non-hydrogen) atoms. The van der Waals surface area contributed by atoms with Crippen LogP contribution in [0.2, 0.25) is 5.02 Å². The number of carbonyl (C=O) groups excluding carboxylic acids is 1. The third-order valence-electron chi connectivity index (χ3n) is 5.14. The summed E-state index contributed by atoms with van der Waals surface area (Å²) in [5.74, 6) is 0.141. The van der Waals surface area contributed by atoms with Crippen LogP contribution in [0, 0.1) is 10.1 Å². The number of azo groups is 1. The fraction of sp³-hybridized carbons (Fsp3) is 0.0800. The maximum Gasteiger partial charge on any atom is 0.271 e. The minimum atomic E-state index is -0.533. The Bertz CT molecular complexity index is 1470. The standard InChI is InChI=1S/C25H19ClN4O5/c1-34-22-11-10-16(26)13-21(22)28-29-23-19-9-4-3-6-15(19)12-20(24(23)35-2)25(31)27-17-7-5-8-18(14-17)30(32)33/h3-14H,1-2H3,(H,27,31). The number of nitrogens with one attached hydrogen (secondary N) is 1. The molecular weight excluding hydrogens is 472 g/mol. The maximum atomic E-state index is 13.2. The number of non-ortho nitro benzene ring substituents is 1. The predicted octanol–water partition coefficient (Wildman–Crippen LogP) is 7.09. The summed E-state index contributed by atoms with van der Waals surface area (Å²) in [6.45, 7) is 0. The van der Waals surface area contributed by atoms with E-state index in [1.807, 2.05) is 24.3 Å². The monoisotopic (exact) mass is 490 g/mol. The van der Waals surface area contributed by atoms with Crippen molar-refractivity contribution in [3.05, 3.63) is 93.5 Å². The Balaban J connectivity index is 1.81. The number of benzene rings is 4. The van der Waals surface area contributed by atoms with E-state index in [0.717, 1.165) is 5.39 Å². The van der Waals surface area contributed by atoms with E-state index in [1.54, 1.807) is 30.3 Å². The van der Waals surface area contributed by atoms with Gasteiger partial charge in [0.25, 0.3) is 11.6 Å². The van der Waals surface area contributed by atoms with Gasteiger partial charge >= 0.3 is 0 Å². The van der Waals surface area contributed by atoms with Gasteiger partial charge in [-0.25, -0.2) is 0 Å². The number of anilines is 1. The number of hydrogen-bond acceptors (Lipinski definition) is 7. The molecule has 0 aromatic heterocycles. The first kappa shape index (κ1) is 23.7. The molecule has 0 aliphatic heterocycles. The van der Waals surface area contributed by atoms with Gasteiger partial charge in [0.05, 0.1) is 24.7 Å². The van der Waals surface area contributed by atoms with Gasteiger partial charge in [0.15, 0.2) is 5.75 Å². The van der Waals surface area contributed by atoms with Crippen molar-refractivity contribution in [1.82, 2.24) is 0 Å². The fourth-order valence-corrected chi connectivity index (χ4v) is 3.69. The smallest absolute Gasteiger partial charge is 0.271 e. The minimum absolute atomic E-state index is 0.141. The van der Waals surface area contributed by atoms with Crippen LogP contribution in [0.5, 0.6) is 11.5 Å². The highest BCUT2D eigenvalue weighted by Gasteiger charge is 2.20. The van der Waals surface area contributed by atoms with E-state index < -0.39 is 10.8 Å². The van der Waals surface area contributed by atoms with Gasteiger partial charge < -0.3 is 14.8 Å². The van der Waals surface area contributed by atoms with Crippen molar-refractivity contribution in [2.24, 2.45) is 10.2 Å². The quantitative estimate of drug-likeness (QED) is 0.169. The van der Waals surface area contributed by atoms with Crippen molar-refractivity contribution >= 4 is 51.0 Å². The Morgan fingerprint density at radius 3 is 2.51 bits per heavy atom. The summed E-state index contributed by atoms with van der Waals surface area (Å²) in [4.78, 5) is 23.8. The second kappa shape index (κ2) is 10.2. The predicted molar refractivity (Wildman–Crippen MR) is 134 cm³/mol. The van der Waals surface area contributed by atoms with Crippen molar-refractivity contribution in [2.75, 3.05) is 19.5 Å². The first-order valence-corrected chi connectivity index (χ1v) is 10.7. The number of nitro benzene ring substituents is 1. The van der Waals surface area contributed by atoms with Crippen LogP contribution in [0.25, 0.3) is 10.8 Å². The molecule has 9 nitrogen and oxygen atoms in total. The summed E-state index contributed by atoms with van der Waals surface area (Å²) >= 11 is 6.11. The Kier molecular flexibility index (Phi) is 6.88. The number of rotatable bonds is 7. The Morgan fingerprint density at radius 1 is 0.971 bits per heavy atom. The zero-order valence-electron chi connectivity index (χ0n) is 18.7. The van der Waals surface area contributed by atoms with Gasteiger partial charge in [-0.05, 0) is 35.7 Å². The van der Waals surface area contributed by atoms with Gasteiger partial charge in [0, 0.05) is 28.2 Å². The minimum Gasteiger partial charge on any atom is -0.494 e. The topological polar surface area (TPSA) is 115 Å². The SMILES string of the molecule is COc1ccc(Cl)cc1N=Nc1c(OC)c(C(=O)Nc2cccc([N+](=O)[O-])c2)cc2ccccc12. The van der Waals surface area contributed by atoms with Crippen LogP contribution < -0.4 is 14.8 Å². The lowest BCUT2D eigenvalue weighted by molar-refractivity contribution is -0.384. The number of amides is 1. The largest absolute Gasteiger partial charge is 0.494 e. The summed E-state index contributed by atoms with van der Waals surface area (Å²) in [6.07, 6.45) is 0. The Hall–Kier alpha value is -4.50. The third kappa shape index (κ3) is 5.04. The number of fused-ring (bicyclic) bond motifs is 1. The number of carbonyl (C=O) groups is 1. The summed E-state index contributed by atoms with van der Waals surface area (Å²) in [7, 11) is 2.93. The fourth-order valence-electron chi connectivity index (χ4n) is 3.52. The molecule has 0 fully saturated rings. The Labute approximate surface area is 205 Å². The van der Waals surface area contributed by atoms with Crippen LogP contribution in [0.3, 0.4) is 0 Å². The van der Waals surface area contributed by atoms with Crippen LogP contribution in [-0.2, 0) is 0 Å². The lowest BCUT2D eigenvalue weighted by Crippen LogP contribution is -2.13. The first-order chi connectivity index (χ1) is 16.9. The normalized spacial score (nSPS) is 10.9. The molecule has 4 rings (SSSR count). The molecule has 0 aliphatic rings. The lowest BCUT2D eigenvalue weighted by Gasteiger charge is -2.14. The maximum absolute atomic E-state index is 13.2. The van der Waals surface area contributed by atoms with Crippen molar-refractivity contribution in [3.8, 4) is 11.5 Å². The summed E-state index contributed by atoms with van der Waals surface area (Å²) in [6, 6.07) is 19.6. The molecular formula is C25H19ClN4O5. The zero-order chi connectivity index (χ0) is 24.9. The molecule has 0 aliphatic carbocycles. The van der Waals surface area contributed by atoms with E-state index in [9.17, 15) is 14.9 Å². The zero-order valence-corrected chi connectivity index (χ0v) is 19.4. The molecule has 4 aromatic rings. The van der Waals surface area contributed by atoms with Crippen LogP contribution >= 0.6 is 11.6 Å². The number of ether oxygens (including phenoxy) is 2. The second-order valence-electron chi connectivity index (χ2n) is 7.30. The van der Waals surface area contributed by atoms with Gasteiger partial charge in [0.2, 0.25) is 0 Å². The van der Waals surface area contributed by atoms with E-state index in [4.69, 9.17) is 21.1 Å². The first-order valence-electron chi connectivity index (χ1n) is 10.3. The molecule has 0 unspecified atom stereocenters. The van der Waals surface area contributed by atoms with Crippen molar-refractivity contribution in [3.63, 3.8) is 0 Å². The highest BCUT2D eigenvalue weighted by atomic mass is 35.5.